The molecule has 3 heterocycles. The highest BCUT2D eigenvalue weighted by Gasteiger charge is 2.48. The van der Waals surface area contributed by atoms with Crippen molar-refractivity contribution < 1.29 is 4.79 Å². The molecule has 0 bridgehead atoms. The monoisotopic (exact) mass is 425 g/mol. The number of hydrogen-bond donors (Lipinski definition) is 0. The van der Waals surface area contributed by atoms with E-state index in [1.165, 1.54) is 18.4 Å². The SMILES string of the molecule is CN1C(=O)c2c(nc(Cc3ccccc3)n2Cc2ccccc2)N2C1=N[C@@H]1CCCC[C@@H]12. The first kappa shape index (κ1) is 19.3. The fourth-order valence-electron chi connectivity index (χ4n) is 5.37. The topological polar surface area (TPSA) is 53.7 Å². The van der Waals surface area contributed by atoms with E-state index in [-0.39, 0.29) is 11.9 Å². The van der Waals surface area contributed by atoms with Gasteiger partial charge in [-0.25, -0.2) is 9.98 Å². The number of rotatable bonds is 4. The second-order valence-electron chi connectivity index (χ2n) is 9.02. The van der Waals surface area contributed by atoms with Crippen LogP contribution in [0.5, 0.6) is 0 Å². The maximum absolute atomic E-state index is 13.6. The molecule has 1 fully saturated rings. The minimum absolute atomic E-state index is 0.0172. The highest BCUT2D eigenvalue weighted by molar-refractivity contribution is 6.18. The van der Waals surface area contributed by atoms with E-state index in [1.807, 2.05) is 31.3 Å². The molecule has 162 valence electrons. The first-order chi connectivity index (χ1) is 15.7. The fourth-order valence-corrected chi connectivity index (χ4v) is 5.37. The Hall–Kier alpha value is -3.41. The third-order valence-corrected chi connectivity index (χ3v) is 6.97. The number of aromatic nitrogens is 2. The summed E-state index contributed by atoms with van der Waals surface area (Å²) in [5.41, 5.74) is 3.04. The molecule has 3 aromatic rings. The summed E-state index contributed by atoms with van der Waals surface area (Å²) in [6, 6.07) is 21.3. The molecule has 0 radical (unpaired) electrons. The van der Waals surface area contributed by atoms with Crippen molar-refractivity contribution in [1.29, 1.82) is 0 Å². The van der Waals surface area contributed by atoms with E-state index in [2.05, 4.69) is 45.9 Å². The first-order valence-corrected chi connectivity index (χ1v) is 11.5. The summed E-state index contributed by atoms with van der Waals surface area (Å²) < 4.78 is 2.13. The van der Waals surface area contributed by atoms with Gasteiger partial charge < -0.3 is 4.57 Å². The predicted molar refractivity (Wildman–Crippen MR) is 125 cm³/mol. The van der Waals surface area contributed by atoms with Gasteiger partial charge in [-0.15, -0.1) is 0 Å². The Morgan fingerprint density at radius 3 is 2.38 bits per heavy atom. The van der Waals surface area contributed by atoms with E-state index >= 15 is 0 Å². The van der Waals surface area contributed by atoms with E-state index in [4.69, 9.17) is 9.98 Å². The number of carbonyl (C=O) groups is 1. The second kappa shape index (κ2) is 7.62. The number of guanidine groups is 1. The zero-order valence-corrected chi connectivity index (χ0v) is 18.3. The van der Waals surface area contributed by atoms with Crippen molar-refractivity contribution in [2.24, 2.45) is 4.99 Å². The third-order valence-electron chi connectivity index (χ3n) is 6.97. The van der Waals surface area contributed by atoms with Gasteiger partial charge in [0.1, 0.15) is 5.82 Å². The van der Waals surface area contributed by atoms with Gasteiger partial charge in [0.05, 0.1) is 12.1 Å². The van der Waals surface area contributed by atoms with Gasteiger partial charge in [0, 0.05) is 20.0 Å². The van der Waals surface area contributed by atoms with Crippen molar-refractivity contribution in [1.82, 2.24) is 14.5 Å². The van der Waals surface area contributed by atoms with Crippen LogP contribution in [0.2, 0.25) is 0 Å². The molecular weight excluding hydrogens is 398 g/mol. The standard InChI is InChI=1S/C26H27N5O/c1-29-25(32)23-24(31-21-15-9-8-14-20(21)27-26(29)31)28-22(16-18-10-4-2-5-11-18)30(23)17-19-12-6-3-7-13-19/h2-7,10-13,20-21H,8-9,14-17H2,1H3/t20-,21+/m1/s1. The quantitative estimate of drug-likeness (QED) is 0.633. The molecular formula is C26H27N5O. The molecule has 0 N–H and O–H groups in total. The summed E-state index contributed by atoms with van der Waals surface area (Å²) in [4.78, 5) is 27.7. The van der Waals surface area contributed by atoms with Gasteiger partial charge >= 0.3 is 0 Å². The maximum atomic E-state index is 13.6. The van der Waals surface area contributed by atoms with Crippen molar-refractivity contribution in [3.8, 4) is 0 Å². The van der Waals surface area contributed by atoms with Crippen LogP contribution in [-0.2, 0) is 13.0 Å². The lowest BCUT2D eigenvalue weighted by atomic mass is 9.90. The molecule has 1 aromatic heterocycles. The zero-order valence-electron chi connectivity index (χ0n) is 18.3. The lowest BCUT2D eigenvalue weighted by molar-refractivity contribution is 0.0854. The minimum atomic E-state index is -0.0172. The summed E-state index contributed by atoms with van der Waals surface area (Å²) >= 11 is 0. The van der Waals surface area contributed by atoms with Gasteiger partial charge in [0.2, 0.25) is 5.96 Å². The van der Waals surface area contributed by atoms with Crippen LogP contribution in [0.15, 0.2) is 65.7 Å². The van der Waals surface area contributed by atoms with E-state index < -0.39 is 0 Å². The second-order valence-corrected chi connectivity index (χ2v) is 9.02. The number of benzene rings is 2. The minimum Gasteiger partial charge on any atom is -0.317 e. The smallest absolute Gasteiger partial charge is 0.280 e. The molecule has 6 rings (SSSR count). The fraction of sp³-hybridized carbons (Fsp3) is 0.346. The number of aliphatic imine (C=N–C) groups is 1. The van der Waals surface area contributed by atoms with Crippen molar-refractivity contribution in [2.75, 3.05) is 11.9 Å². The Kier molecular flexibility index (Phi) is 4.59. The van der Waals surface area contributed by atoms with Gasteiger partial charge in [-0.2, -0.15) is 0 Å². The van der Waals surface area contributed by atoms with Gasteiger partial charge in [-0.1, -0.05) is 73.5 Å². The molecule has 1 amide bonds. The lowest BCUT2D eigenvalue weighted by Crippen LogP contribution is -2.52. The number of fused-ring (bicyclic) bond motifs is 5. The lowest BCUT2D eigenvalue weighted by Gasteiger charge is -2.36. The van der Waals surface area contributed by atoms with Crippen molar-refractivity contribution in [2.45, 2.75) is 50.7 Å². The average molecular weight is 426 g/mol. The van der Waals surface area contributed by atoms with Crippen LogP contribution in [0.25, 0.3) is 0 Å². The Morgan fingerprint density at radius 1 is 0.938 bits per heavy atom. The van der Waals surface area contributed by atoms with Crippen LogP contribution >= 0.6 is 0 Å². The molecule has 32 heavy (non-hydrogen) atoms. The molecule has 3 aliphatic rings. The summed E-state index contributed by atoms with van der Waals surface area (Å²) in [7, 11) is 1.85. The van der Waals surface area contributed by atoms with Crippen LogP contribution in [0.4, 0.5) is 5.82 Å². The van der Waals surface area contributed by atoms with Gasteiger partial charge in [0.25, 0.3) is 5.91 Å². The van der Waals surface area contributed by atoms with Gasteiger partial charge in [-0.3, -0.25) is 14.6 Å². The Balaban J connectivity index is 1.49. The summed E-state index contributed by atoms with van der Waals surface area (Å²) in [5, 5.41) is 0. The molecule has 6 heteroatoms. The van der Waals surface area contributed by atoms with Crippen LogP contribution < -0.4 is 4.90 Å². The molecule has 1 saturated carbocycles. The maximum Gasteiger partial charge on any atom is 0.280 e. The summed E-state index contributed by atoms with van der Waals surface area (Å²) in [6.07, 6.45) is 5.28. The highest BCUT2D eigenvalue weighted by Crippen LogP contribution is 2.40. The normalized spacial score (nSPS) is 21.8. The molecule has 6 nitrogen and oxygen atoms in total. The number of amides is 1. The molecule has 1 aliphatic carbocycles. The number of imidazole rings is 1. The van der Waals surface area contributed by atoms with E-state index in [0.717, 1.165) is 36.0 Å². The van der Waals surface area contributed by atoms with Crippen molar-refractivity contribution in [3.63, 3.8) is 0 Å². The Morgan fingerprint density at radius 2 is 1.62 bits per heavy atom. The zero-order chi connectivity index (χ0) is 21.7. The van der Waals surface area contributed by atoms with E-state index in [0.29, 0.717) is 24.7 Å². The Bertz CT molecular complexity index is 1180. The van der Waals surface area contributed by atoms with E-state index in [9.17, 15) is 4.79 Å². The highest BCUT2D eigenvalue weighted by atomic mass is 16.2. The molecule has 0 saturated heterocycles. The third kappa shape index (κ3) is 3.05. The van der Waals surface area contributed by atoms with E-state index in [1.54, 1.807) is 4.90 Å². The molecule has 0 unspecified atom stereocenters. The van der Waals surface area contributed by atoms with Crippen LogP contribution in [0.1, 0.15) is 53.1 Å². The largest absolute Gasteiger partial charge is 0.317 e. The summed E-state index contributed by atoms with van der Waals surface area (Å²) in [5.74, 6) is 2.47. The Labute approximate surface area is 188 Å². The van der Waals surface area contributed by atoms with Crippen LogP contribution in [-0.4, -0.2) is 45.4 Å². The predicted octanol–water partition coefficient (Wildman–Crippen LogP) is 4.10. The molecule has 0 spiro atoms. The van der Waals surface area contributed by atoms with Crippen LogP contribution in [0, 0.1) is 0 Å². The number of nitrogens with zero attached hydrogens (tertiary/aromatic N) is 5. The van der Waals surface area contributed by atoms with Crippen molar-refractivity contribution in [3.05, 3.63) is 83.3 Å². The first-order valence-electron chi connectivity index (χ1n) is 11.5. The van der Waals surface area contributed by atoms with Crippen LogP contribution in [0.3, 0.4) is 0 Å². The summed E-state index contributed by atoms with van der Waals surface area (Å²) in [6.45, 7) is 0.624. The molecule has 2 atom stereocenters. The number of carbonyl (C=O) groups excluding carboxylic acids is 1. The average Bonchev–Trinajstić information content (AvgIpc) is 3.38. The van der Waals surface area contributed by atoms with Gasteiger partial charge in [0.15, 0.2) is 11.5 Å². The molecule has 2 aliphatic heterocycles. The van der Waals surface area contributed by atoms with Gasteiger partial charge in [-0.05, 0) is 24.0 Å². The number of hydrogen-bond acceptors (Lipinski definition) is 4. The number of anilines is 1. The molecule has 2 aromatic carbocycles. The van der Waals surface area contributed by atoms with Crippen molar-refractivity contribution >= 4 is 17.7 Å².